The molecule has 0 saturated carbocycles. The van der Waals surface area contributed by atoms with Crippen LogP contribution in [0.4, 0.5) is 10.2 Å². The summed E-state index contributed by atoms with van der Waals surface area (Å²) in [6.07, 6.45) is 0. The summed E-state index contributed by atoms with van der Waals surface area (Å²) in [6.45, 7) is 1.80. The van der Waals surface area contributed by atoms with Gasteiger partial charge in [0.05, 0.1) is 17.0 Å². The second-order valence-electron chi connectivity index (χ2n) is 6.91. The first-order chi connectivity index (χ1) is 14.1. The molecule has 5 nitrogen and oxygen atoms in total. The molecule has 0 radical (unpaired) electrons. The van der Waals surface area contributed by atoms with Crippen LogP contribution in [0.2, 0.25) is 0 Å². The van der Waals surface area contributed by atoms with Gasteiger partial charge >= 0.3 is 0 Å². The van der Waals surface area contributed by atoms with Crippen molar-refractivity contribution in [1.82, 2.24) is 4.98 Å². The van der Waals surface area contributed by atoms with Crippen LogP contribution in [0.5, 0.6) is 0 Å². The van der Waals surface area contributed by atoms with Crippen molar-refractivity contribution >= 4 is 22.7 Å². The molecule has 6 heteroatoms. The zero-order valence-corrected chi connectivity index (χ0v) is 15.4. The molecule has 2 aromatic heterocycles. The Balaban J connectivity index is 1.86. The Morgan fingerprint density at radius 3 is 2.52 bits per heavy atom. The molecule has 3 heterocycles. The average molecular weight is 386 g/mol. The van der Waals surface area contributed by atoms with Gasteiger partial charge in [0.25, 0.3) is 5.91 Å². The number of amides is 1. The molecule has 0 fully saturated rings. The molecule has 29 heavy (non-hydrogen) atoms. The number of carbonyl (C=O) groups excluding carboxylic acids is 1. The summed E-state index contributed by atoms with van der Waals surface area (Å²) >= 11 is 0. The number of nitrogens with zero attached hydrogens (tertiary/aromatic N) is 2. The number of para-hydroxylation sites is 1. The zero-order valence-electron chi connectivity index (χ0n) is 15.4. The van der Waals surface area contributed by atoms with E-state index in [9.17, 15) is 14.0 Å². The number of hydrogen-bond donors (Lipinski definition) is 0. The van der Waals surface area contributed by atoms with Gasteiger partial charge in [-0.2, -0.15) is 0 Å². The number of benzene rings is 2. The molecule has 5 rings (SSSR count). The fraction of sp³-hybridized carbons (Fsp3) is 0.0870. The van der Waals surface area contributed by atoms with Gasteiger partial charge in [-0.3, -0.25) is 14.5 Å². The zero-order chi connectivity index (χ0) is 20.1. The molecule has 1 amide bonds. The molecule has 0 aliphatic carbocycles. The van der Waals surface area contributed by atoms with E-state index in [2.05, 4.69) is 4.98 Å². The van der Waals surface area contributed by atoms with Gasteiger partial charge in [0, 0.05) is 11.3 Å². The molecular formula is C23H15FN2O3. The second kappa shape index (κ2) is 6.38. The van der Waals surface area contributed by atoms with Crippen molar-refractivity contribution < 1.29 is 13.6 Å². The van der Waals surface area contributed by atoms with Crippen molar-refractivity contribution in [2.75, 3.05) is 4.90 Å². The SMILES string of the molecule is Cc1cccc(N2C(=O)c3oc4ccccc4c(=O)c3[C@H]2c2ccccc2F)n1. The minimum atomic E-state index is -0.964. The maximum Gasteiger partial charge on any atom is 0.296 e. The molecule has 0 bridgehead atoms. The normalized spacial score (nSPS) is 15.7. The summed E-state index contributed by atoms with van der Waals surface area (Å²) in [6, 6.07) is 17.1. The molecule has 0 spiro atoms. The third kappa shape index (κ3) is 2.56. The second-order valence-corrected chi connectivity index (χ2v) is 6.91. The van der Waals surface area contributed by atoms with Gasteiger partial charge in [0.1, 0.15) is 17.2 Å². The lowest BCUT2D eigenvalue weighted by molar-refractivity contribution is 0.0970. The monoisotopic (exact) mass is 386 g/mol. The van der Waals surface area contributed by atoms with E-state index in [1.807, 2.05) is 0 Å². The molecule has 1 aliphatic heterocycles. The third-order valence-electron chi connectivity index (χ3n) is 5.10. The number of anilines is 1. The molecule has 0 N–H and O–H groups in total. The molecule has 0 unspecified atom stereocenters. The first-order valence-electron chi connectivity index (χ1n) is 9.13. The highest BCUT2D eigenvalue weighted by atomic mass is 19.1. The van der Waals surface area contributed by atoms with Gasteiger partial charge in [-0.1, -0.05) is 36.4 Å². The first-order valence-corrected chi connectivity index (χ1v) is 9.13. The predicted octanol–water partition coefficient (Wildman–Crippen LogP) is 4.39. The van der Waals surface area contributed by atoms with Crippen molar-refractivity contribution in [2.45, 2.75) is 13.0 Å². The van der Waals surface area contributed by atoms with Gasteiger partial charge in [-0.25, -0.2) is 9.37 Å². The maximum absolute atomic E-state index is 14.8. The van der Waals surface area contributed by atoms with Crippen LogP contribution in [0.15, 0.2) is 75.9 Å². The Hall–Kier alpha value is -3.80. The van der Waals surface area contributed by atoms with Crippen molar-refractivity contribution in [2.24, 2.45) is 0 Å². The van der Waals surface area contributed by atoms with Crippen LogP contribution in [0.3, 0.4) is 0 Å². The topological polar surface area (TPSA) is 63.4 Å². The van der Waals surface area contributed by atoms with Crippen LogP contribution in [0.1, 0.15) is 33.4 Å². The number of fused-ring (bicyclic) bond motifs is 2. The number of carbonyl (C=O) groups is 1. The Bertz CT molecular complexity index is 1350. The fourth-order valence-corrected chi connectivity index (χ4v) is 3.81. The number of aryl methyl sites for hydroxylation is 1. The predicted molar refractivity (Wildman–Crippen MR) is 107 cm³/mol. The highest BCUT2D eigenvalue weighted by Gasteiger charge is 2.45. The molecule has 142 valence electrons. The van der Waals surface area contributed by atoms with E-state index in [1.54, 1.807) is 67.6 Å². The smallest absolute Gasteiger partial charge is 0.296 e. The number of aromatic nitrogens is 1. The van der Waals surface area contributed by atoms with Crippen LogP contribution in [-0.4, -0.2) is 10.9 Å². The number of halogens is 1. The maximum atomic E-state index is 14.8. The minimum Gasteiger partial charge on any atom is -0.450 e. The highest BCUT2D eigenvalue weighted by molar-refractivity contribution is 6.10. The van der Waals surface area contributed by atoms with Crippen molar-refractivity contribution in [3.63, 3.8) is 0 Å². The van der Waals surface area contributed by atoms with Crippen molar-refractivity contribution in [3.8, 4) is 0 Å². The van der Waals surface area contributed by atoms with E-state index < -0.39 is 17.8 Å². The average Bonchev–Trinajstić information content (AvgIpc) is 3.01. The van der Waals surface area contributed by atoms with Crippen LogP contribution in [0.25, 0.3) is 11.0 Å². The van der Waals surface area contributed by atoms with Crippen molar-refractivity contribution in [1.29, 1.82) is 0 Å². The molecule has 2 aromatic carbocycles. The summed E-state index contributed by atoms with van der Waals surface area (Å²) in [4.78, 5) is 32.4. The molecule has 1 aliphatic rings. The van der Waals surface area contributed by atoms with Crippen LogP contribution in [0, 0.1) is 12.7 Å². The van der Waals surface area contributed by atoms with E-state index in [0.717, 1.165) is 0 Å². The number of rotatable bonds is 2. The minimum absolute atomic E-state index is 0.0785. The number of pyridine rings is 1. The fourth-order valence-electron chi connectivity index (χ4n) is 3.81. The van der Waals surface area contributed by atoms with Gasteiger partial charge < -0.3 is 4.42 Å². The van der Waals surface area contributed by atoms with E-state index in [0.29, 0.717) is 22.5 Å². The van der Waals surface area contributed by atoms with Gasteiger partial charge in [-0.05, 0) is 37.3 Å². The first kappa shape index (κ1) is 17.3. The molecule has 1 atom stereocenters. The Kier molecular flexibility index (Phi) is 3.81. The van der Waals surface area contributed by atoms with E-state index in [1.165, 1.54) is 11.0 Å². The largest absolute Gasteiger partial charge is 0.450 e. The molecular weight excluding hydrogens is 371 g/mol. The lowest BCUT2D eigenvalue weighted by atomic mass is 9.98. The standard InChI is InChI=1S/C23H15FN2O3/c1-13-7-6-12-18(25-13)26-20(14-8-2-4-10-16(14)24)19-21(27)15-9-3-5-11-17(15)29-22(19)23(26)28/h2-12,20H,1H3/t20-/m1/s1. The third-order valence-corrected chi connectivity index (χ3v) is 5.10. The highest BCUT2D eigenvalue weighted by Crippen LogP contribution is 2.41. The van der Waals surface area contributed by atoms with Gasteiger partial charge in [0.15, 0.2) is 5.43 Å². The summed E-state index contributed by atoms with van der Waals surface area (Å²) in [7, 11) is 0. The lowest BCUT2D eigenvalue weighted by Gasteiger charge is -2.24. The van der Waals surface area contributed by atoms with Crippen LogP contribution >= 0.6 is 0 Å². The van der Waals surface area contributed by atoms with Crippen molar-refractivity contribution in [3.05, 3.63) is 105 Å². The molecule has 4 aromatic rings. The molecule has 0 saturated heterocycles. The number of hydrogen-bond acceptors (Lipinski definition) is 4. The van der Waals surface area contributed by atoms with E-state index in [4.69, 9.17) is 4.42 Å². The van der Waals surface area contributed by atoms with E-state index >= 15 is 0 Å². The summed E-state index contributed by atoms with van der Waals surface area (Å²) in [5.41, 5.74) is 1.00. The quantitative estimate of drug-likeness (QED) is 0.513. The Morgan fingerprint density at radius 1 is 0.966 bits per heavy atom. The van der Waals surface area contributed by atoms with Crippen LogP contribution < -0.4 is 10.3 Å². The lowest BCUT2D eigenvalue weighted by Crippen LogP contribution is -2.31. The summed E-state index contributed by atoms with van der Waals surface area (Å²) in [5, 5.41) is 0.347. The summed E-state index contributed by atoms with van der Waals surface area (Å²) < 4.78 is 20.6. The van der Waals surface area contributed by atoms with E-state index in [-0.39, 0.29) is 22.3 Å². The van der Waals surface area contributed by atoms with Gasteiger partial charge in [-0.15, -0.1) is 0 Å². The van der Waals surface area contributed by atoms with Crippen LogP contribution in [-0.2, 0) is 0 Å². The van der Waals surface area contributed by atoms with Gasteiger partial charge in [0.2, 0.25) is 5.76 Å². The Labute approximate surface area is 165 Å². The Morgan fingerprint density at radius 2 is 1.72 bits per heavy atom. The summed E-state index contributed by atoms with van der Waals surface area (Å²) in [5.74, 6) is -0.777.